The lowest BCUT2D eigenvalue weighted by atomic mass is 9.94. The Morgan fingerprint density at radius 1 is 1.11 bits per heavy atom. The molecule has 2 amide bonds. The second-order valence-electron chi connectivity index (χ2n) is 7.54. The van der Waals surface area contributed by atoms with Gasteiger partial charge >= 0.3 is 0 Å². The minimum atomic E-state index is -0.321. The lowest BCUT2D eigenvalue weighted by Crippen LogP contribution is -2.47. The first-order chi connectivity index (χ1) is 13.1. The molecule has 2 fully saturated rings. The van der Waals surface area contributed by atoms with Crippen LogP contribution in [0.15, 0.2) is 54.6 Å². The minimum absolute atomic E-state index is 0.0117. The van der Waals surface area contributed by atoms with E-state index in [0.29, 0.717) is 24.9 Å². The molecule has 2 aromatic rings. The van der Waals surface area contributed by atoms with Gasteiger partial charge in [0.1, 0.15) is 5.82 Å². The highest BCUT2D eigenvalue weighted by Crippen LogP contribution is 2.45. The lowest BCUT2D eigenvalue weighted by molar-refractivity contribution is -0.139. The Morgan fingerprint density at radius 3 is 2.52 bits per heavy atom. The second-order valence-corrected chi connectivity index (χ2v) is 7.54. The summed E-state index contributed by atoms with van der Waals surface area (Å²) < 4.78 is 13.9. The van der Waals surface area contributed by atoms with Crippen molar-refractivity contribution in [2.75, 3.05) is 6.54 Å². The Bertz CT molecular complexity index is 848. The smallest absolute Gasteiger partial charge is 0.225 e. The molecule has 0 radical (unpaired) electrons. The number of amides is 2. The van der Waals surface area contributed by atoms with Crippen molar-refractivity contribution in [1.82, 2.24) is 10.2 Å². The molecule has 2 aliphatic rings. The predicted octanol–water partition coefficient (Wildman–Crippen LogP) is 3.37. The molecule has 0 bridgehead atoms. The maximum absolute atomic E-state index is 13.9. The summed E-state index contributed by atoms with van der Waals surface area (Å²) in [5.41, 5.74) is 1.36. The first-order valence-electron chi connectivity index (χ1n) is 9.46. The van der Waals surface area contributed by atoms with Crippen LogP contribution in [0.1, 0.15) is 36.8 Å². The van der Waals surface area contributed by atoms with Crippen molar-refractivity contribution in [2.24, 2.45) is 5.92 Å². The van der Waals surface area contributed by atoms with Gasteiger partial charge in [0, 0.05) is 25.1 Å². The zero-order valence-corrected chi connectivity index (χ0v) is 15.2. The number of piperidine rings is 1. The van der Waals surface area contributed by atoms with Crippen LogP contribution in [0, 0.1) is 11.7 Å². The van der Waals surface area contributed by atoms with Gasteiger partial charge in [0.05, 0.1) is 11.5 Å². The van der Waals surface area contributed by atoms with Crippen LogP contribution in [0.5, 0.6) is 0 Å². The number of benzene rings is 2. The van der Waals surface area contributed by atoms with Gasteiger partial charge in [-0.25, -0.2) is 4.39 Å². The van der Waals surface area contributed by atoms with Crippen molar-refractivity contribution < 1.29 is 14.0 Å². The van der Waals surface area contributed by atoms with Gasteiger partial charge in [0.25, 0.3) is 0 Å². The normalized spacial score (nSPS) is 21.0. The van der Waals surface area contributed by atoms with E-state index in [1.807, 2.05) is 30.3 Å². The summed E-state index contributed by atoms with van der Waals surface area (Å²) in [4.78, 5) is 26.7. The van der Waals surface area contributed by atoms with Crippen LogP contribution >= 0.6 is 0 Å². The summed E-state index contributed by atoms with van der Waals surface area (Å²) in [7, 11) is 0. The molecule has 140 valence electrons. The van der Waals surface area contributed by atoms with E-state index in [1.54, 1.807) is 23.1 Å². The number of carbonyl (C=O) groups is 2. The van der Waals surface area contributed by atoms with Gasteiger partial charge in [-0.3, -0.25) is 9.59 Å². The number of hydrogen-bond acceptors (Lipinski definition) is 2. The zero-order chi connectivity index (χ0) is 18.9. The summed E-state index contributed by atoms with van der Waals surface area (Å²) in [5, 5.41) is 3.21. The topological polar surface area (TPSA) is 49.4 Å². The summed E-state index contributed by atoms with van der Waals surface area (Å²) in [6.07, 6.45) is 2.74. The zero-order valence-electron chi connectivity index (χ0n) is 15.2. The SMILES string of the molecule is O=C(NC1(c2ccccc2)CC1)[C@H]1CCC(=O)N(Cc2ccccc2F)C1. The average molecular weight is 366 g/mol. The Labute approximate surface area is 158 Å². The second kappa shape index (κ2) is 7.14. The van der Waals surface area contributed by atoms with Gasteiger partial charge in [-0.1, -0.05) is 48.5 Å². The van der Waals surface area contributed by atoms with E-state index in [0.717, 1.165) is 18.4 Å². The van der Waals surface area contributed by atoms with E-state index < -0.39 is 0 Å². The molecular weight excluding hydrogens is 343 g/mol. The van der Waals surface area contributed by atoms with E-state index in [1.165, 1.54) is 6.07 Å². The van der Waals surface area contributed by atoms with Crippen LogP contribution in [0.25, 0.3) is 0 Å². The molecule has 0 spiro atoms. The van der Waals surface area contributed by atoms with Gasteiger partial charge in [-0.05, 0) is 30.9 Å². The molecule has 4 rings (SSSR count). The number of likely N-dealkylation sites (tertiary alicyclic amines) is 1. The van der Waals surface area contributed by atoms with Gasteiger partial charge in [0.2, 0.25) is 11.8 Å². The van der Waals surface area contributed by atoms with Crippen molar-refractivity contribution in [2.45, 2.75) is 37.8 Å². The van der Waals surface area contributed by atoms with Crippen molar-refractivity contribution in [3.8, 4) is 0 Å². The van der Waals surface area contributed by atoms with Crippen molar-refractivity contribution in [3.63, 3.8) is 0 Å². The van der Waals surface area contributed by atoms with E-state index in [-0.39, 0.29) is 35.6 Å². The van der Waals surface area contributed by atoms with Gasteiger partial charge in [-0.2, -0.15) is 0 Å². The van der Waals surface area contributed by atoms with E-state index in [4.69, 9.17) is 0 Å². The van der Waals surface area contributed by atoms with Crippen LogP contribution in [-0.4, -0.2) is 23.3 Å². The van der Waals surface area contributed by atoms with Crippen LogP contribution < -0.4 is 5.32 Å². The monoisotopic (exact) mass is 366 g/mol. The van der Waals surface area contributed by atoms with Gasteiger partial charge in [-0.15, -0.1) is 0 Å². The Morgan fingerprint density at radius 2 is 1.81 bits per heavy atom. The molecule has 0 aromatic heterocycles. The minimum Gasteiger partial charge on any atom is -0.346 e. The number of nitrogens with one attached hydrogen (secondary N) is 1. The fourth-order valence-corrected chi connectivity index (χ4v) is 3.82. The largest absolute Gasteiger partial charge is 0.346 e. The molecule has 1 N–H and O–H groups in total. The Balaban J connectivity index is 1.43. The molecule has 1 atom stereocenters. The van der Waals surface area contributed by atoms with Crippen LogP contribution in [0.4, 0.5) is 4.39 Å². The third kappa shape index (κ3) is 3.72. The number of hydrogen-bond donors (Lipinski definition) is 1. The number of carbonyl (C=O) groups excluding carboxylic acids is 2. The summed E-state index contributed by atoms with van der Waals surface area (Å²) in [6, 6.07) is 16.5. The Kier molecular flexibility index (Phi) is 4.68. The van der Waals surface area contributed by atoms with E-state index >= 15 is 0 Å². The van der Waals surface area contributed by atoms with E-state index in [2.05, 4.69) is 5.32 Å². The molecule has 1 heterocycles. The third-order valence-corrected chi connectivity index (χ3v) is 5.63. The summed E-state index contributed by atoms with van der Waals surface area (Å²) >= 11 is 0. The van der Waals surface area contributed by atoms with Crippen LogP contribution in [0.2, 0.25) is 0 Å². The molecule has 4 nitrogen and oxygen atoms in total. The molecule has 1 aliphatic heterocycles. The first kappa shape index (κ1) is 17.7. The predicted molar refractivity (Wildman–Crippen MR) is 100 cm³/mol. The van der Waals surface area contributed by atoms with Crippen molar-refractivity contribution in [1.29, 1.82) is 0 Å². The van der Waals surface area contributed by atoms with Crippen LogP contribution in [-0.2, 0) is 21.7 Å². The van der Waals surface area contributed by atoms with Gasteiger partial charge in [0.15, 0.2) is 0 Å². The molecule has 5 heteroatoms. The average Bonchev–Trinajstić information content (AvgIpc) is 3.46. The number of halogens is 1. The number of rotatable bonds is 5. The highest BCUT2D eigenvalue weighted by atomic mass is 19.1. The van der Waals surface area contributed by atoms with Crippen molar-refractivity contribution in [3.05, 3.63) is 71.5 Å². The van der Waals surface area contributed by atoms with E-state index in [9.17, 15) is 14.0 Å². The standard InChI is InChI=1S/C22H23FN2O2/c23-19-9-5-4-6-16(19)14-25-15-17(10-11-20(25)26)21(27)24-22(12-13-22)18-7-2-1-3-8-18/h1-9,17H,10-15H2,(H,24,27)/t17-/m0/s1. The Hall–Kier alpha value is -2.69. The molecular formula is C22H23FN2O2. The molecule has 1 saturated heterocycles. The number of nitrogens with zero attached hydrogens (tertiary/aromatic N) is 1. The van der Waals surface area contributed by atoms with Crippen molar-refractivity contribution >= 4 is 11.8 Å². The molecule has 1 saturated carbocycles. The highest BCUT2D eigenvalue weighted by molar-refractivity contribution is 5.84. The highest BCUT2D eigenvalue weighted by Gasteiger charge is 2.46. The fourth-order valence-electron chi connectivity index (χ4n) is 3.82. The lowest BCUT2D eigenvalue weighted by Gasteiger charge is -2.33. The summed E-state index contributed by atoms with van der Waals surface area (Å²) in [5.74, 6) is -0.609. The fraction of sp³-hybridized carbons (Fsp3) is 0.364. The molecule has 1 aliphatic carbocycles. The van der Waals surface area contributed by atoms with Gasteiger partial charge < -0.3 is 10.2 Å². The first-order valence-corrected chi connectivity index (χ1v) is 9.46. The van der Waals surface area contributed by atoms with Crippen LogP contribution in [0.3, 0.4) is 0 Å². The quantitative estimate of drug-likeness (QED) is 0.882. The molecule has 0 unspecified atom stereocenters. The molecule has 27 heavy (non-hydrogen) atoms. The summed E-state index contributed by atoms with van der Waals surface area (Å²) in [6.45, 7) is 0.545. The maximum Gasteiger partial charge on any atom is 0.225 e. The third-order valence-electron chi connectivity index (χ3n) is 5.63. The molecule has 2 aromatic carbocycles. The maximum atomic E-state index is 13.9.